The van der Waals surface area contributed by atoms with Crippen LogP contribution in [0.4, 0.5) is 11.4 Å². The highest BCUT2D eigenvalue weighted by molar-refractivity contribution is 7.92. The topological polar surface area (TPSA) is 84.5 Å². The number of amides is 1. The van der Waals surface area contributed by atoms with Crippen LogP contribution in [0.3, 0.4) is 0 Å². The highest BCUT2D eigenvalue weighted by atomic mass is 32.2. The molecule has 0 spiro atoms. The van der Waals surface area contributed by atoms with Gasteiger partial charge in [0.05, 0.1) is 17.2 Å². The molecule has 3 rings (SSSR count). The predicted molar refractivity (Wildman–Crippen MR) is 123 cm³/mol. The van der Waals surface area contributed by atoms with Gasteiger partial charge in [0.1, 0.15) is 5.75 Å². The molecule has 162 valence electrons. The van der Waals surface area contributed by atoms with Gasteiger partial charge in [-0.15, -0.1) is 0 Å². The number of carbonyl (C=O) groups is 1. The van der Waals surface area contributed by atoms with Crippen LogP contribution in [0, 0.1) is 20.8 Å². The first-order valence-electron chi connectivity index (χ1n) is 9.94. The standard InChI is InChI=1S/C24H26N2O4S/c1-5-30-21-12-10-20(11-13-21)25-24(27)19-9-8-18(4)23(15-19)31(28,29)26-22-14-16(2)6-7-17(22)3/h6-15,26H,5H2,1-4H3,(H,25,27). The van der Waals surface area contributed by atoms with Crippen molar-refractivity contribution < 1.29 is 17.9 Å². The Kier molecular flexibility index (Phi) is 6.65. The monoisotopic (exact) mass is 438 g/mol. The molecule has 0 aromatic heterocycles. The van der Waals surface area contributed by atoms with Crippen LogP contribution >= 0.6 is 0 Å². The third kappa shape index (κ3) is 5.44. The number of ether oxygens (including phenoxy) is 1. The Balaban J connectivity index is 1.84. The molecule has 1 amide bonds. The Morgan fingerprint density at radius 3 is 2.26 bits per heavy atom. The van der Waals surface area contributed by atoms with Gasteiger partial charge >= 0.3 is 0 Å². The van der Waals surface area contributed by atoms with Gasteiger partial charge in [-0.1, -0.05) is 18.2 Å². The van der Waals surface area contributed by atoms with Gasteiger partial charge in [-0.2, -0.15) is 0 Å². The normalized spacial score (nSPS) is 11.1. The fourth-order valence-corrected chi connectivity index (χ4v) is 4.47. The molecule has 3 aromatic rings. The van der Waals surface area contributed by atoms with Gasteiger partial charge in [0, 0.05) is 11.3 Å². The lowest BCUT2D eigenvalue weighted by molar-refractivity contribution is 0.102. The number of aryl methyl sites for hydroxylation is 3. The van der Waals surface area contributed by atoms with Crippen molar-refractivity contribution in [3.63, 3.8) is 0 Å². The minimum atomic E-state index is -3.87. The quantitative estimate of drug-likeness (QED) is 0.540. The van der Waals surface area contributed by atoms with E-state index in [2.05, 4.69) is 10.0 Å². The molecule has 0 saturated carbocycles. The number of nitrogens with one attached hydrogen (secondary N) is 2. The maximum Gasteiger partial charge on any atom is 0.262 e. The lowest BCUT2D eigenvalue weighted by atomic mass is 10.1. The van der Waals surface area contributed by atoms with E-state index in [1.807, 2.05) is 32.9 Å². The maximum atomic E-state index is 13.1. The summed E-state index contributed by atoms with van der Waals surface area (Å²) >= 11 is 0. The second-order valence-electron chi connectivity index (χ2n) is 7.32. The minimum Gasteiger partial charge on any atom is -0.494 e. The van der Waals surface area contributed by atoms with Crippen LogP contribution in [0.2, 0.25) is 0 Å². The van der Waals surface area contributed by atoms with Crippen LogP contribution < -0.4 is 14.8 Å². The molecule has 0 aliphatic heterocycles. The summed E-state index contributed by atoms with van der Waals surface area (Å²) < 4.78 is 34.2. The van der Waals surface area contributed by atoms with E-state index in [0.717, 1.165) is 11.1 Å². The lowest BCUT2D eigenvalue weighted by Crippen LogP contribution is -2.17. The summed E-state index contributed by atoms with van der Waals surface area (Å²) in [6.45, 7) is 7.89. The van der Waals surface area contributed by atoms with E-state index in [1.54, 1.807) is 49.4 Å². The number of hydrogen-bond acceptors (Lipinski definition) is 4. The summed E-state index contributed by atoms with van der Waals surface area (Å²) in [7, 11) is -3.87. The van der Waals surface area contributed by atoms with Gasteiger partial charge in [-0.25, -0.2) is 8.42 Å². The predicted octanol–water partition coefficient (Wildman–Crippen LogP) is 5.06. The number of rotatable bonds is 7. The van der Waals surface area contributed by atoms with Gasteiger partial charge in [-0.3, -0.25) is 9.52 Å². The zero-order valence-corrected chi connectivity index (χ0v) is 18.8. The Morgan fingerprint density at radius 1 is 0.903 bits per heavy atom. The second kappa shape index (κ2) is 9.22. The van der Waals surface area contributed by atoms with Crippen molar-refractivity contribution in [3.8, 4) is 5.75 Å². The fourth-order valence-electron chi connectivity index (χ4n) is 3.08. The summed E-state index contributed by atoms with van der Waals surface area (Å²) in [5.74, 6) is 0.314. The molecule has 3 aromatic carbocycles. The molecule has 31 heavy (non-hydrogen) atoms. The molecule has 2 N–H and O–H groups in total. The Hall–Kier alpha value is -3.32. The molecule has 0 fully saturated rings. The number of benzene rings is 3. The largest absolute Gasteiger partial charge is 0.494 e. The van der Waals surface area contributed by atoms with E-state index in [9.17, 15) is 13.2 Å². The lowest BCUT2D eigenvalue weighted by Gasteiger charge is -2.14. The summed E-state index contributed by atoms with van der Waals surface area (Å²) in [5, 5.41) is 2.78. The molecule has 0 heterocycles. The van der Waals surface area contributed by atoms with E-state index in [4.69, 9.17) is 4.74 Å². The van der Waals surface area contributed by atoms with Crippen LogP contribution in [0.15, 0.2) is 65.6 Å². The van der Waals surface area contributed by atoms with Crippen LogP contribution in [0.5, 0.6) is 5.75 Å². The Bertz CT molecular complexity index is 1200. The van der Waals surface area contributed by atoms with Gasteiger partial charge in [0.15, 0.2) is 0 Å². The molecule has 0 radical (unpaired) electrons. The van der Waals surface area contributed by atoms with Gasteiger partial charge < -0.3 is 10.1 Å². The van der Waals surface area contributed by atoms with Crippen LogP contribution in [0.25, 0.3) is 0 Å². The van der Waals surface area contributed by atoms with E-state index in [0.29, 0.717) is 29.3 Å². The summed E-state index contributed by atoms with van der Waals surface area (Å²) in [4.78, 5) is 12.8. The van der Waals surface area contributed by atoms with Crippen molar-refractivity contribution in [1.29, 1.82) is 0 Å². The fraction of sp³-hybridized carbons (Fsp3) is 0.208. The van der Waals surface area contributed by atoms with Gasteiger partial charge in [0.2, 0.25) is 0 Å². The minimum absolute atomic E-state index is 0.0627. The average molecular weight is 439 g/mol. The van der Waals surface area contributed by atoms with E-state index >= 15 is 0 Å². The first-order chi connectivity index (χ1) is 14.7. The molecular formula is C24H26N2O4S. The van der Waals surface area contributed by atoms with Crippen molar-refractivity contribution in [3.05, 3.63) is 82.9 Å². The third-order valence-corrected chi connectivity index (χ3v) is 6.31. The van der Waals surface area contributed by atoms with E-state index in [1.165, 1.54) is 6.07 Å². The highest BCUT2D eigenvalue weighted by Crippen LogP contribution is 2.24. The van der Waals surface area contributed by atoms with Crippen molar-refractivity contribution >= 4 is 27.3 Å². The molecule has 0 aliphatic carbocycles. The summed E-state index contributed by atoms with van der Waals surface area (Å²) in [5.41, 5.74) is 3.67. The number of carbonyl (C=O) groups excluding carboxylic acids is 1. The molecule has 6 nitrogen and oxygen atoms in total. The smallest absolute Gasteiger partial charge is 0.262 e. The Labute approximate surface area is 183 Å². The van der Waals surface area contributed by atoms with Crippen molar-refractivity contribution in [2.45, 2.75) is 32.6 Å². The molecule has 0 bridgehead atoms. The Morgan fingerprint density at radius 2 is 1.58 bits per heavy atom. The van der Waals surface area contributed by atoms with Crippen molar-refractivity contribution in [1.82, 2.24) is 0 Å². The van der Waals surface area contributed by atoms with E-state index in [-0.39, 0.29) is 10.5 Å². The molecule has 0 atom stereocenters. The van der Waals surface area contributed by atoms with Crippen LogP contribution in [-0.2, 0) is 10.0 Å². The third-order valence-electron chi connectivity index (χ3n) is 4.80. The van der Waals surface area contributed by atoms with Gasteiger partial charge in [0.25, 0.3) is 15.9 Å². The molecule has 7 heteroatoms. The maximum absolute atomic E-state index is 13.1. The zero-order chi connectivity index (χ0) is 22.6. The van der Waals surface area contributed by atoms with Crippen molar-refractivity contribution in [2.24, 2.45) is 0 Å². The number of anilines is 2. The van der Waals surface area contributed by atoms with Crippen molar-refractivity contribution in [2.75, 3.05) is 16.6 Å². The average Bonchev–Trinajstić information content (AvgIpc) is 2.72. The molecule has 0 saturated heterocycles. The van der Waals surface area contributed by atoms with Crippen LogP contribution in [0.1, 0.15) is 34.0 Å². The first-order valence-corrected chi connectivity index (χ1v) is 11.4. The number of sulfonamides is 1. The van der Waals surface area contributed by atoms with Crippen LogP contribution in [-0.4, -0.2) is 20.9 Å². The van der Waals surface area contributed by atoms with E-state index < -0.39 is 15.9 Å². The van der Waals surface area contributed by atoms with Gasteiger partial charge in [-0.05, 0) is 86.8 Å². The summed E-state index contributed by atoms with van der Waals surface area (Å²) in [6, 6.07) is 17.2. The zero-order valence-electron chi connectivity index (χ0n) is 18.0. The molecule has 0 unspecified atom stereocenters. The molecule has 0 aliphatic rings. The SMILES string of the molecule is CCOc1ccc(NC(=O)c2ccc(C)c(S(=O)(=O)Nc3cc(C)ccc3C)c2)cc1. The highest BCUT2D eigenvalue weighted by Gasteiger charge is 2.20. The summed E-state index contributed by atoms with van der Waals surface area (Å²) in [6.07, 6.45) is 0. The second-order valence-corrected chi connectivity index (χ2v) is 8.97. The number of hydrogen-bond donors (Lipinski definition) is 2. The first kappa shape index (κ1) is 22.4. The molecular weight excluding hydrogens is 412 g/mol.